The highest BCUT2D eigenvalue weighted by Crippen LogP contribution is 2.30. The number of carbonyl (C=O) groups is 1. The van der Waals surface area contributed by atoms with Crippen molar-refractivity contribution in [3.8, 4) is 0 Å². The van der Waals surface area contributed by atoms with Crippen LogP contribution in [0.2, 0.25) is 0 Å². The summed E-state index contributed by atoms with van der Waals surface area (Å²) in [5, 5.41) is 0. The number of hydrogen-bond donors (Lipinski definition) is 0. The summed E-state index contributed by atoms with van der Waals surface area (Å²) in [6.07, 6.45) is 1.01. The van der Waals surface area contributed by atoms with Crippen molar-refractivity contribution >= 4 is 11.6 Å². The summed E-state index contributed by atoms with van der Waals surface area (Å²) in [7, 11) is 1.72. The second kappa shape index (κ2) is 7.40. The average Bonchev–Trinajstić information content (AvgIpc) is 2.91. The molecule has 3 heteroatoms. The summed E-state index contributed by atoms with van der Waals surface area (Å²) >= 11 is 0. The Kier molecular flexibility index (Phi) is 5.24. The molecule has 3 rings (SSSR count). The molecule has 0 fully saturated rings. The Hall–Kier alpha value is -2.13. The predicted octanol–water partition coefficient (Wildman–Crippen LogP) is 4.80. The van der Waals surface area contributed by atoms with Crippen LogP contribution in [0.5, 0.6) is 0 Å². The lowest BCUT2D eigenvalue weighted by atomic mass is 9.99. The number of rotatable bonds is 6. The lowest BCUT2D eigenvalue weighted by molar-refractivity contribution is 0.0996. The standard InChI is InChI=1S/C22H27NO2/c1-15(2)11-17-5-6-19-13-23(22(24)21(19)12-17)20-9-7-18(8-10-20)16(3)14-25-4/h5-10,12,15-16H,11,13-14H2,1-4H3. The first-order valence-corrected chi connectivity index (χ1v) is 9.02. The molecule has 3 nitrogen and oxygen atoms in total. The van der Waals surface area contributed by atoms with Gasteiger partial charge in [-0.1, -0.05) is 45.0 Å². The molecule has 0 N–H and O–H groups in total. The summed E-state index contributed by atoms with van der Waals surface area (Å²) in [6.45, 7) is 7.90. The summed E-state index contributed by atoms with van der Waals surface area (Å²) in [6, 6.07) is 14.6. The van der Waals surface area contributed by atoms with Gasteiger partial charge in [0, 0.05) is 24.3 Å². The zero-order chi connectivity index (χ0) is 18.0. The van der Waals surface area contributed by atoms with E-state index >= 15 is 0 Å². The third kappa shape index (κ3) is 3.77. The fraction of sp³-hybridized carbons (Fsp3) is 0.409. The van der Waals surface area contributed by atoms with Gasteiger partial charge in [-0.05, 0) is 47.2 Å². The average molecular weight is 337 g/mol. The van der Waals surface area contributed by atoms with E-state index in [0.29, 0.717) is 25.0 Å². The number of nitrogens with zero attached hydrogens (tertiary/aromatic N) is 1. The van der Waals surface area contributed by atoms with E-state index in [0.717, 1.165) is 23.2 Å². The Morgan fingerprint density at radius 2 is 1.80 bits per heavy atom. The number of benzene rings is 2. The van der Waals surface area contributed by atoms with Gasteiger partial charge >= 0.3 is 0 Å². The first-order valence-electron chi connectivity index (χ1n) is 9.02. The van der Waals surface area contributed by atoms with Crippen LogP contribution in [0, 0.1) is 5.92 Å². The van der Waals surface area contributed by atoms with Crippen LogP contribution < -0.4 is 4.90 Å². The van der Waals surface area contributed by atoms with Gasteiger partial charge in [0.15, 0.2) is 0 Å². The van der Waals surface area contributed by atoms with E-state index in [1.165, 1.54) is 11.1 Å². The predicted molar refractivity (Wildman–Crippen MR) is 102 cm³/mol. The minimum Gasteiger partial charge on any atom is -0.384 e. The second-order valence-corrected chi connectivity index (χ2v) is 7.43. The summed E-state index contributed by atoms with van der Waals surface area (Å²) in [5.41, 5.74) is 5.41. The van der Waals surface area contributed by atoms with Crippen molar-refractivity contribution in [2.45, 2.75) is 39.7 Å². The molecule has 0 bridgehead atoms. The minimum atomic E-state index is 0.110. The largest absolute Gasteiger partial charge is 0.384 e. The molecule has 1 aliphatic heterocycles. The molecular formula is C22H27NO2. The van der Waals surface area contributed by atoms with Crippen molar-refractivity contribution in [3.05, 3.63) is 64.7 Å². The quantitative estimate of drug-likeness (QED) is 0.758. The van der Waals surface area contributed by atoms with Crippen LogP contribution in [0.1, 0.15) is 53.7 Å². The Morgan fingerprint density at radius 3 is 2.44 bits per heavy atom. The first-order chi connectivity index (χ1) is 12.0. The van der Waals surface area contributed by atoms with Crippen molar-refractivity contribution in [1.82, 2.24) is 0 Å². The molecule has 25 heavy (non-hydrogen) atoms. The molecule has 0 radical (unpaired) electrons. The van der Waals surface area contributed by atoms with Gasteiger partial charge in [-0.25, -0.2) is 0 Å². The van der Waals surface area contributed by atoms with Crippen molar-refractivity contribution in [2.24, 2.45) is 5.92 Å². The van der Waals surface area contributed by atoms with Gasteiger partial charge in [0.05, 0.1) is 13.2 Å². The van der Waals surface area contributed by atoms with Gasteiger partial charge in [-0.3, -0.25) is 4.79 Å². The van der Waals surface area contributed by atoms with Gasteiger partial charge in [-0.15, -0.1) is 0 Å². The number of amides is 1. The molecule has 1 aliphatic rings. The SMILES string of the molecule is COCC(C)c1ccc(N2Cc3ccc(CC(C)C)cc3C2=O)cc1. The van der Waals surface area contributed by atoms with Gasteiger partial charge in [0.1, 0.15) is 0 Å². The number of anilines is 1. The molecule has 2 aromatic rings. The molecule has 1 heterocycles. The van der Waals surface area contributed by atoms with Gasteiger partial charge in [0.2, 0.25) is 0 Å². The topological polar surface area (TPSA) is 29.5 Å². The third-order valence-electron chi connectivity index (χ3n) is 4.81. The second-order valence-electron chi connectivity index (χ2n) is 7.43. The number of ether oxygens (including phenoxy) is 1. The lowest BCUT2D eigenvalue weighted by Gasteiger charge is -2.17. The zero-order valence-corrected chi connectivity index (χ0v) is 15.6. The number of hydrogen-bond acceptors (Lipinski definition) is 2. The van der Waals surface area contributed by atoms with E-state index in [1.807, 2.05) is 17.0 Å². The molecular weight excluding hydrogens is 310 g/mol. The molecule has 2 aromatic carbocycles. The lowest BCUT2D eigenvalue weighted by Crippen LogP contribution is -2.23. The van der Waals surface area contributed by atoms with Crippen LogP contribution in [0.15, 0.2) is 42.5 Å². The Balaban J connectivity index is 1.79. The van der Waals surface area contributed by atoms with Crippen molar-refractivity contribution in [3.63, 3.8) is 0 Å². The Labute approximate surface area is 150 Å². The molecule has 0 spiro atoms. The maximum atomic E-state index is 12.9. The van der Waals surface area contributed by atoms with Gasteiger partial charge < -0.3 is 9.64 Å². The molecule has 0 saturated heterocycles. The van der Waals surface area contributed by atoms with E-state index in [9.17, 15) is 4.79 Å². The highest BCUT2D eigenvalue weighted by atomic mass is 16.5. The number of methoxy groups -OCH3 is 1. The maximum absolute atomic E-state index is 12.9. The monoisotopic (exact) mass is 337 g/mol. The zero-order valence-electron chi connectivity index (χ0n) is 15.6. The number of carbonyl (C=O) groups excluding carboxylic acids is 1. The van der Waals surface area contributed by atoms with Crippen LogP contribution in [0.25, 0.3) is 0 Å². The third-order valence-corrected chi connectivity index (χ3v) is 4.81. The van der Waals surface area contributed by atoms with Crippen LogP contribution in [0.4, 0.5) is 5.69 Å². The van der Waals surface area contributed by atoms with Crippen LogP contribution in [-0.4, -0.2) is 19.6 Å². The fourth-order valence-electron chi connectivity index (χ4n) is 3.48. The molecule has 0 aliphatic carbocycles. The molecule has 1 amide bonds. The van der Waals surface area contributed by atoms with Crippen LogP contribution in [0.3, 0.4) is 0 Å². The van der Waals surface area contributed by atoms with Crippen molar-refractivity contribution in [2.75, 3.05) is 18.6 Å². The fourth-order valence-corrected chi connectivity index (χ4v) is 3.48. The van der Waals surface area contributed by atoms with E-state index in [2.05, 4.69) is 51.1 Å². The molecule has 1 atom stereocenters. The molecule has 0 saturated carbocycles. The van der Waals surface area contributed by atoms with Gasteiger partial charge in [0.25, 0.3) is 5.91 Å². The normalized spacial score (nSPS) is 14.9. The molecule has 132 valence electrons. The molecule has 1 unspecified atom stereocenters. The highest BCUT2D eigenvalue weighted by Gasteiger charge is 2.28. The van der Waals surface area contributed by atoms with E-state index < -0.39 is 0 Å². The summed E-state index contributed by atoms with van der Waals surface area (Å²) in [5.74, 6) is 1.05. The Morgan fingerprint density at radius 1 is 1.08 bits per heavy atom. The minimum absolute atomic E-state index is 0.110. The van der Waals surface area contributed by atoms with Crippen molar-refractivity contribution in [1.29, 1.82) is 0 Å². The van der Waals surface area contributed by atoms with Gasteiger partial charge in [-0.2, -0.15) is 0 Å². The van der Waals surface area contributed by atoms with E-state index in [-0.39, 0.29) is 5.91 Å². The highest BCUT2D eigenvalue weighted by molar-refractivity contribution is 6.10. The summed E-state index contributed by atoms with van der Waals surface area (Å²) in [4.78, 5) is 14.7. The summed E-state index contributed by atoms with van der Waals surface area (Å²) < 4.78 is 5.22. The van der Waals surface area contributed by atoms with Crippen molar-refractivity contribution < 1.29 is 9.53 Å². The number of fused-ring (bicyclic) bond motifs is 1. The Bertz CT molecular complexity index is 749. The smallest absolute Gasteiger partial charge is 0.258 e. The first kappa shape index (κ1) is 17.7. The molecule has 0 aromatic heterocycles. The van der Waals surface area contributed by atoms with Crippen LogP contribution in [-0.2, 0) is 17.7 Å². The van der Waals surface area contributed by atoms with E-state index in [4.69, 9.17) is 4.74 Å². The van der Waals surface area contributed by atoms with E-state index in [1.54, 1.807) is 7.11 Å². The van der Waals surface area contributed by atoms with Crippen LogP contribution >= 0.6 is 0 Å². The maximum Gasteiger partial charge on any atom is 0.258 e.